The van der Waals surface area contributed by atoms with Crippen LogP contribution in [-0.2, 0) is 11.3 Å². The number of ether oxygens (including phenoxy) is 2. The summed E-state index contributed by atoms with van der Waals surface area (Å²) in [6.45, 7) is 8.02. The smallest absolute Gasteiger partial charge is 0.142 e. The molecule has 106 valence electrons. The van der Waals surface area contributed by atoms with E-state index in [2.05, 4.69) is 10.3 Å². The molecule has 1 aromatic heterocycles. The van der Waals surface area contributed by atoms with Crippen molar-refractivity contribution in [2.75, 3.05) is 13.2 Å². The number of hydrogen-bond acceptors (Lipinski definition) is 4. The lowest BCUT2D eigenvalue weighted by Gasteiger charge is -2.13. The molecule has 1 fully saturated rings. The van der Waals surface area contributed by atoms with Crippen molar-refractivity contribution in [1.29, 1.82) is 0 Å². The molecular weight excluding hydrogens is 240 g/mol. The SMILES string of the molecule is Cc1ccc(OCCOC(C)C)c(CNC2CC2)n1. The van der Waals surface area contributed by atoms with E-state index < -0.39 is 0 Å². The number of hydrogen-bond donors (Lipinski definition) is 1. The highest BCUT2D eigenvalue weighted by Gasteiger charge is 2.21. The van der Waals surface area contributed by atoms with Gasteiger partial charge in [0, 0.05) is 18.3 Å². The largest absolute Gasteiger partial charge is 0.489 e. The Kier molecular flexibility index (Phi) is 5.16. The van der Waals surface area contributed by atoms with Gasteiger partial charge in [0.05, 0.1) is 18.4 Å². The Morgan fingerprint density at radius 1 is 1.32 bits per heavy atom. The van der Waals surface area contributed by atoms with E-state index in [9.17, 15) is 0 Å². The molecule has 0 aliphatic heterocycles. The van der Waals surface area contributed by atoms with Crippen LogP contribution in [0.15, 0.2) is 12.1 Å². The molecule has 4 nitrogen and oxygen atoms in total. The van der Waals surface area contributed by atoms with E-state index in [1.807, 2.05) is 32.9 Å². The number of aromatic nitrogens is 1. The summed E-state index contributed by atoms with van der Waals surface area (Å²) in [5.41, 5.74) is 2.02. The molecule has 1 saturated carbocycles. The van der Waals surface area contributed by atoms with E-state index in [-0.39, 0.29) is 6.10 Å². The third-order valence-electron chi connectivity index (χ3n) is 3.00. The van der Waals surface area contributed by atoms with Crippen LogP contribution >= 0.6 is 0 Å². The van der Waals surface area contributed by atoms with E-state index >= 15 is 0 Å². The maximum Gasteiger partial charge on any atom is 0.142 e. The highest BCUT2D eigenvalue weighted by atomic mass is 16.5. The molecule has 0 radical (unpaired) electrons. The maximum atomic E-state index is 5.77. The lowest BCUT2D eigenvalue weighted by Crippen LogP contribution is -2.18. The molecule has 1 heterocycles. The summed E-state index contributed by atoms with van der Waals surface area (Å²) in [7, 11) is 0. The Balaban J connectivity index is 1.85. The van der Waals surface area contributed by atoms with Gasteiger partial charge in [0.1, 0.15) is 12.4 Å². The Morgan fingerprint density at radius 2 is 2.11 bits per heavy atom. The summed E-state index contributed by atoms with van der Waals surface area (Å²) < 4.78 is 11.2. The predicted molar refractivity (Wildman–Crippen MR) is 75.4 cm³/mol. The van der Waals surface area contributed by atoms with Crippen molar-refractivity contribution in [1.82, 2.24) is 10.3 Å². The molecule has 0 aromatic carbocycles. The molecule has 1 aliphatic carbocycles. The summed E-state index contributed by atoms with van der Waals surface area (Å²) in [6, 6.07) is 4.67. The zero-order valence-electron chi connectivity index (χ0n) is 12.1. The van der Waals surface area contributed by atoms with Gasteiger partial charge in [-0.25, -0.2) is 0 Å². The molecule has 0 bridgehead atoms. The van der Waals surface area contributed by atoms with Gasteiger partial charge in [0.25, 0.3) is 0 Å². The Bertz CT molecular complexity index is 403. The average molecular weight is 264 g/mol. The Labute approximate surface area is 115 Å². The molecule has 2 rings (SSSR count). The van der Waals surface area contributed by atoms with Crippen LogP contribution in [0.5, 0.6) is 5.75 Å². The maximum absolute atomic E-state index is 5.77. The molecule has 4 heteroatoms. The third-order valence-corrected chi connectivity index (χ3v) is 3.00. The quantitative estimate of drug-likeness (QED) is 0.732. The minimum Gasteiger partial charge on any atom is -0.489 e. The van der Waals surface area contributed by atoms with E-state index in [0.29, 0.717) is 19.3 Å². The minimum atomic E-state index is 0.246. The van der Waals surface area contributed by atoms with Crippen LogP contribution < -0.4 is 10.1 Å². The molecule has 1 aromatic rings. The molecule has 0 saturated heterocycles. The lowest BCUT2D eigenvalue weighted by atomic mass is 10.3. The molecule has 0 atom stereocenters. The van der Waals surface area contributed by atoms with Crippen molar-refractivity contribution >= 4 is 0 Å². The predicted octanol–water partition coefficient (Wildman–Crippen LogP) is 2.45. The summed E-state index contributed by atoms with van der Waals surface area (Å²) in [6.07, 6.45) is 2.81. The fraction of sp³-hybridized carbons (Fsp3) is 0.667. The zero-order chi connectivity index (χ0) is 13.7. The summed E-state index contributed by atoms with van der Waals surface area (Å²) >= 11 is 0. The van der Waals surface area contributed by atoms with Crippen LogP contribution in [-0.4, -0.2) is 30.3 Å². The van der Waals surface area contributed by atoms with Gasteiger partial charge in [-0.1, -0.05) is 0 Å². The lowest BCUT2D eigenvalue weighted by molar-refractivity contribution is 0.0549. The van der Waals surface area contributed by atoms with Gasteiger partial charge < -0.3 is 14.8 Å². The Morgan fingerprint density at radius 3 is 2.79 bits per heavy atom. The van der Waals surface area contributed by atoms with Crippen LogP contribution in [0.3, 0.4) is 0 Å². The van der Waals surface area contributed by atoms with Gasteiger partial charge in [0.15, 0.2) is 0 Å². The summed E-state index contributed by atoms with van der Waals surface area (Å²) in [4.78, 5) is 4.56. The molecule has 1 N–H and O–H groups in total. The number of aryl methyl sites for hydroxylation is 1. The van der Waals surface area contributed by atoms with Gasteiger partial charge in [0.2, 0.25) is 0 Å². The second-order valence-electron chi connectivity index (χ2n) is 5.32. The fourth-order valence-corrected chi connectivity index (χ4v) is 1.82. The third kappa shape index (κ3) is 5.17. The van der Waals surface area contributed by atoms with E-state index in [1.165, 1.54) is 12.8 Å². The van der Waals surface area contributed by atoms with Gasteiger partial charge in [-0.2, -0.15) is 0 Å². The average Bonchev–Trinajstić information content (AvgIpc) is 3.17. The first-order chi connectivity index (χ1) is 9.15. The van der Waals surface area contributed by atoms with Crippen LogP contribution in [0, 0.1) is 6.92 Å². The van der Waals surface area contributed by atoms with Crippen LogP contribution in [0.4, 0.5) is 0 Å². The van der Waals surface area contributed by atoms with E-state index in [1.54, 1.807) is 0 Å². The van der Waals surface area contributed by atoms with E-state index in [4.69, 9.17) is 9.47 Å². The normalized spacial score (nSPS) is 14.9. The second-order valence-corrected chi connectivity index (χ2v) is 5.32. The monoisotopic (exact) mass is 264 g/mol. The first-order valence-corrected chi connectivity index (χ1v) is 7.09. The fourth-order valence-electron chi connectivity index (χ4n) is 1.82. The van der Waals surface area contributed by atoms with Crippen molar-refractivity contribution in [2.24, 2.45) is 0 Å². The second kappa shape index (κ2) is 6.87. The first kappa shape index (κ1) is 14.3. The molecular formula is C15H24N2O2. The molecule has 0 amide bonds. The topological polar surface area (TPSA) is 43.4 Å². The highest BCUT2D eigenvalue weighted by Crippen LogP contribution is 2.22. The summed E-state index contributed by atoms with van der Waals surface area (Å²) in [5, 5.41) is 3.48. The van der Waals surface area contributed by atoms with Crippen LogP contribution in [0.1, 0.15) is 38.1 Å². The molecule has 0 unspecified atom stereocenters. The zero-order valence-corrected chi connectivity index (χ0v) is 12.1. The van der Waals surface area contributed by atoms with Gasteiger partial charge in [-0.3, -0.25) is 4.98 Å². The molecule has 0 spiro atoms. The van der Waals surface area contributed by atoms with Crippen molar-refractivity contribution in [3.63, 3.8) is 0 Å². The number of rotatable bonds is 8. The van der Waals surface area contributed by atoms with Gasteiger partial charge in [-0.05, 0) is 45.7 Å². The van der Waals surface area contributed by atoms with Crippen molar-refractivity contribution < 1.29 is 9.47 Å². The van der Waals surface area contributed by atoms with Crippen LogP contribution in [0.25, 0.3) is 0 Å². The van der Waals surface area contributed by atoms with Gasteiger partial charge in [-0.15, -0.1) is 0 Å². The minimum absolute atomic E-state index is 0.246. The van der Waals surface area contributed by atoms with Gasteiger partial charge >= 0.3 is 0 Å². The van der Waals surface area contributed by atoms with Crippen molar-refractivity contribution in [2.45, 2.75) is 52.3 Å². The number of nitrogens with zero attached hydrogens (tertiary/aromatic N) is 1. The van der Waals surface area contributed by atoms with Crippen molar-refractivity contribution in [3.05, 3.63) is 23.5 Å². The molecule has 1 aliphatic rings. The summed E-state index contributed by atoms with van der Waals surface area (Å²) in [5.74, 6) is 0.867. The van der Waals surface area contributed by atoms with Crippen molar-refractivity contribution in [3.8, 4) is 5.75 Å². The van der Waals surface area contributed by atoms with Crippen LogP contribution in [0.2, 0.25) is 0 Å². The number of pyridine rings is 1. The molecule has 19 heavy (non-hydrogen) atoms. The van der Waals surface area contributed by atoms with E-state index in [0.717, 1.165) is 23.7 Å². The highest BCUT2D eigenvalue weighted by molar-refractivity contribution is 5.29. The Hall–Kier alpha value is -1.13. The standard InChI is InChI=1S/C15H24N2O2/c1-11(2)18-8-9-19-15-7-4-12(3)17-14(15)10-16-13-5-6-13/h4,7,11,13,16H,5-6,8-10H2,1-3H3. The first-order valence-electron chi connectivity index (χ1n) is 7.09. The number of nitrogens with one attached hydrogen (secondary N) is 1.